The molecule has 4 heteroatoms. The molecule has 3 nitrogen and oxygen atoms in total. The number of aliphatic imine (C=N–C) groups is 1. The second kappa shape index (κ2) is 2.87. The Morgan fingerprint density at radius 3 is 2.69 bits per heavy atom. The number of hydrogen-bond donors (Lipinski definition) is 0. The van der Waals surface area contributed by atoms with E-state index in [0.717, 1.165) is 0 Å². The van der Waals surface area contributed by atoms with E-state index < -0.39 is 0 Å². The van der Waals surface area contributed by atoms with Crippen LogP contribution >= 0.6 is 15.9 Å². The maximum absolute atomic E-state index is 5.40. The zero-order valence-electron chi connectivity index (χ0n) is 7.50. The summed E-state index contributed by atoms with van der Waals surface area (Å²) < 4.78 is 11.4. The maximum atomic E-state index is 5.40. The highest BCUT2D eigenvalue weighted by Gasteiger charge is 2.28. The third kappa shape index (κ3) is 1.77. The number of hydrogen-bond acceptors (Lipinski definition) is 3. The van der Waals surface area contributed by atoms with E-state index in [2.05, 4.69) is 20.9 Å². The van der Waals surface area contributed by atoms with Crippen molar-refractivity contribution < 1.29 is 9.15 Å². The van der Waals surface area contributed by atoms with Crippen molar-refractivity contribution in [1.82, 2.24) is 0 Å². The lowest BCUT2D eigenvalue weighted by molar-refractivity contribution is 0.275. The molecule has 0 saturated heterocycles. The SMILES string of the molecule is CC1(C)COC(c2ccc(Br)o2)=N1. The van der Waals surface area contributed by atoms with Crippen molar-refractivity contribution >= 4 is 21.8 Å². The van der Waals surface area contributed by atoms with Gasteiger partial charge in [-0.3, -0.25) is 0 Å². The fraction of sp³-hybridized carbons (Fsp3) is 0.444. The maximum Gasteiger partial charge on any atom is 0.253 e. The van der Waals surface area contributed by atoms with E-state index in [9.17, 15) is 0 Å². The van der Waals surface area contributed by atoms with E-state index in [1.54, 1.807) is 0 Å². The molecule has 1 aromatic heterocycles. The highest BCUT2D eigenvalue weighted by Crippen LogP contribution is 2.23. The number of furan rings is 1. The van der Waals surface area contributed by atoms with Gasteiger partial charge in [-0.05, 0) is 41.9 Å². The molecule has 0 bridgehead atoms. The van der Waals surface area contributed by atoms with Crippen LogP contribution in [-0.4, -0.2) is 18.0 Å². The molecule has 2 rings (SSSR count). The molecule has 0 aromatic carbocycles. The third-order valence-electron chi connectivity index (χ3n) is 1.75. The highest BCUT2D eigenvalue weighted by molar-refractivity contribution is 9.10. The minimum atomic E-state index is -0.130. The molecule has 0 spiro atoms. The third-order valence-corrected chi connectivity index (χ3v) is 2.18. The van der Waals surface area contributed by atoms with Crippen LogP contribution in [0.3, 0.4) is 0 Å². The van der Waals surface area contributed by atoms with Crippen LogP contribution in [0.5, 0.6) is 0 Å². The van der Waals surface area contributed by atoms with Gasteiger partial charge in [0.15, 0.2) is 10.4 Å². The molecule has 0 radical (unpaired) electrons. The molecule has 13 heavy (non-hydrogen) atoms. The highest BCUT2D eigenvalue weighted by atomic mass is 79.9. The molecule has 2 heterocycles. The number of rotatable bonds is 1. The molecular weight excluding hydrogens is 234 g/mol. The molecule has 0 N–H and O–H groups in total. The van der Waals surface area contributed by atoms with Crippen LogP contribution in [0.2, 0.25) is 0 Å². The first kappa shape index (κ1) is 8.81. The smallest absolute Gasteiger partial charge is 0.253 e. The van der Waals surface area contributed by atoms with Crippen LogP contribution in [0, 0.1) is 0 Å². The van der Waals surface area contributed by atoms with Gasteiger partial charge in [-0.1, -0.05) is 0 Å². The molecule has 0 fully saturated rings. The predicted molar refractivity (Wildman–Crippen MR) is 53.0 cm³/mol. The summed E-state index contributed by atoms with van der Waals surface area (Å²) in [6, 6.07) is 3.66. The molecule has 0 amide bonds. The standard InChI is InChI=1S/C9H10BrNO2/c1-9(2)5-12-8(11-9)6-3-4-7(10)13-6/h3-4H,5H2,1-2H3. The van der Waals surface area contributed by atoms with E-state index in [0.29, 0.717) is 22.9 Å². The molecule has 1 aromatic rings. The largest absolute Gasteiger partial charge is 0.473 e. The van der Waals surface area contributed by atoms with Gasteiger partial charge < -0.3 is 9.15 Å². The van der Waals surface area contributed by atoms with Crippen molar-refractivity contribution in [2.45, 2.75) is 19.4 Å². The van der Waals surface area contributed by atoms with Gasteiger partial charge in [-0.2, -0.15) is 0 Å². The Balaban J connectivity index is 2.29. The van der Waals surface area contributed by atoms with E-state index in [1.807, 2.05) is 26.0 Å². The second-order valence-electron chi connectivity index (χ2n) is 3.62. The summed E-state index contributed by atoms with van der Waals surface area (Å²) in [4.78, 5) is 4.38. The summed E-state index contributed by atoms with van der Waals surface area (Å²) in [6.07, 6.45) is 0. The summed E-state index contributed by atoms with van der Waals surface area (Å²) in [7, 11) is 0. The van der Waals surface area contributed by atoms with Crippen molar-refractivity contribution in [3.05, 3.63) is 22.6 Å². The zero-order chi connectivity index (χ0) is 9.47. The summed E-state index contributed by atoms with van der Waals surface area (Å²) in [5.41, 5.74) is -0.130. The molecule has 1 aliphatic rings. The normalized spacial score (nSPS) is 19.8. The molecule has 0 atom stereocenters. The Morgan fingerprint density at radius 1 is 1.46 bits per heavy atom. The lowest BCUT2D eigenvalue weighted by Gasteiger charge is -2.07. The average molecular weight is 244 g/mol. The summed E-state index contributed by atoms with van der Waals surface area (Å²) in [5, 5.41) is 0. The van der Waals surface area contributed by atoms with E-state index in [4.69, 9.17) is 9.15 Å². The van der Waals surface area contributed by atoms with Gasteiger partial charge in [0.1, 0.15) is 6.61 Å². The molecule has 0 saturated carbocycles. The van der Waals surface area contributed by atoms with Gasteiger partial charge in [0.2, 0.25) is 0 Å². The first-order valence-corrected chi connectivity index (χ1v) is 4.84. The van der Waals surface area contributed by atoms with Crippen molar-refractivity contribution in [3.63, 3.8) is 0 Å². The lowest BCUT2D eigenvalue weighted by Crippen LogP contribution is -2.17. The Bertz CT molecular complexity index is 354. The number of halogens is 1. The second-order valence-corrected chi connectivity index (χ2v) is 4.40. The van der Waals surface area contributed by atoms with Crippen LogP contribution < -0.4 is 0 Å². The van der Waals surface area contributed by atoms with Crippen LogP contribution in [0.1, 0.15) is 19.6 Å². The zero-order valence-corrected chi connectivity index (χ0v) is 9.09. The topological polar surface area (TPSA) is 34.7 Å². The minimum absolute atomic E-state index is 0.130. The molecule has 0 aliphatic carbocycles. The van der Waals surface area contributed by atoms with Gasteiger partial charge in [-0.15, -0.1) is 0 Å². The first-order chi connectivity index (χ1) is 6.07. The van der Waals surface area contributed by atoms with Crippen molar-refractivity contribution in [1.29, 1.82) is 0 Å². The lowest BCUT2D eigenvalue weighted by atomic mass is 10.1. The summed E-state index contributed by atoms with van der Waals surface area (Å²) in [5.74, 6) is 1.27. The Labute approximate surface area is 84.9 Å². The van der Waals surface area contributed by atoms with Crippen LogP contribution in [0.25, 0.3) is 0 Å². The van der Waals surface area contributed by atoms with E-state index in [1.165, 1.54) is 0 Å². The molecule has 70 valence electrons. The van der Waals surface area contributed by atoms with Gasteiger partial charge >= 0.3 is 0 Å². The van der Waals surface area contributed by atoms with Crippen molar-refractivity contribution in [3.8, 4) is 0 Å². The quantitative estimate of drug-likeness (QED) is 0.760. The van der Waals surface area contributed by atoms with Crippen molar-refractivity contribution in [2.75, 3.05) is 6.61 Å². The Morgan fingerprint density at radius 2 is 2.23 bits per heavy atom. The fourth-order valence-electron chi connectivity index (χ4n) is 1.14. The molecular formula is C9H10BrNO2. The minimum Gasteiger partial charge on any atom is -0.473 e. The van der Waals surface area contributed by atoms with Crippen LogP contribution in [0.4, 0.5) is 0 Å². The van der Waals surface area contributed by atoms with Crippen molar-refractivity contribution in [2.24, 2.45) is 4.99 Å². The van der Waals surface area contributed by atoms with Gasteiger partial charge in [-0.25, -0.2) is 4.99 Å². The Hall–Kier alpha value is -0.770. The van der Waals surface area contributed by atoms with Gasteiger partial charge in [0.05, 0.1) is 5.54 Å². The summed E-state index contributed by atoms with van der Waals surface area (Å²) in [6.45, 7) is 4.66. The number of ether oxygens (including phenoxy) is 1. The molecule has 1 aliphatic heterocycles. The first-order valence-electron chi connectivity index (χ1n) is 4.05. The monoisotopic (exact) mass is 243 g/mol. The fourth-order valence-corrected chi connectivity index (χ4v) is 1.45. The van der Waals surface area contributed by atoms with E-state index >= 15 is 0 Å². The van der Waals surface area contributed by atoms with E-state index in [-0.39, 0.29) is 5.54 Å². The molecule has 0 unspecified atom stereocenters. The Kier molecular flexibility index (Phi) is 1.95. The average Bonchev–Trinajstić information content (AvgIpc) is 2.56. The van der Waals surface area contributed by atoms with Gasteiger partial charge in [0, 0.05) is 0 Å². The van der Waals surface area contributed by atoms with Crippen LogP contribution in [-0.2, 0) is 4.74 Å². The predicted octanol–water partition coefficient (Wildman–Crippen LogP) is 2.60. The van der Waals surface area contributed by atoms with Gasteiger partial charge in [0.25, 0.3) is 5.90 Å². The summed E-state index contributed by atoms with van der Waals surface area (Å²) >= 11 is 3.23. The van der Waals surface area contributed by atoms with Crippen LogP contribution in [0.15, 0.2) is 26.2 Å². The number of nitrogens with zero attached hydrogens (tertiary/aromatic N) is 1.